The van der Waals surface area contributed by atoms with Crippen molar-refractivity contribution in [3.63, 3.8) is 0 Å². The minimum Gasteiger partial charge on any atom is -0.370 e. The zero-order valence-electron chi connectivity index (χ0n) is 14.9. The molecule has 1 aliphatic rings. The second-order valence-electron chi connectivity index (χ2n) is 6.66. The van der Waals surface area contributed by atoms with Crippen LogP contribution in [-0.2, 0) is 13.5 Å². The summed E-state index contributed by atoms with van der Waals surface area (Å²) in [7, 11) is 1.95. The molecule has 0 unspecified atom stereocenters. The Labute approximate surface area is 152 Å². The molecule has 1 aromatic heterocycles. The second-order valence-corrected chi connectivity index (χ2v) is 6.66. The number of fused-ring (bicyclic) bond motifs is 2. The van der Waals surface area contributed by atoms with Crippen molar-refractivity contribution in [1.29, 1.82) is 0 Å². The average molecular weight is 349 g/mol. The summed E-state index contributed by atoms with van der Waals surface area (Å²) in [5.41, 5.74) is 5.35. The molecule has 4 rings (SSSR count). The lowest BCUT2D eigenvalue weighted by atomic mass is 10.0. The fraction of sp³-hybridized carbons (Fsp3) is 0.300. The van der Waals surface area contributed by atoms with Gasteiger partial charge in [-0.3, -0.25) is 0 Å². The van der Waals surface area contributed by atoms with E-state index < -0.39 is 0 Å². The Morgan fingerprint density at radius 3 is 3.04 bits per heavy atom. The quantitative estimate of drug-likeness (QED) is 0.761. The molecule has 6 heteroatoms. The van der Waals surface area contributed by atoms with Crippen LogP contribution in [-0.4, -0.2) is 35.2 Å². The van der Waals surface area contributed by atoms with Crippen molar-refractivity contribution >= 4 is 28.4 Å². The Morgan fingerprint density at radius 2 is 2.12 bits per heavy atom. The molecular weight excluding hydrogens is 326 g/mol. The summed E-state index contributed by atoms with van der Waals surface area (Å²) in [5.74, 6) is 0. The molecule has 0 saturated heterocycles. The number of aromatic nitrogens is 2. The number of rotatable bonds is 4. The number of para-hydroxylation sites is 1. The van der Waals surface area contributed by atoms with Crippen molar-refractivity contribution in [2.24, 2.45) is 7.05 Å². The van der Waals surface area contributed by atoms with Crippen LogP contribution in [0.15, 0.2) is 48.8 Å². The van der Waals surface area contributed by atoms with E-state index in [9.17, 15) is 4.79 Å². The number of aryl methyl sites for hydroxylation is 2. The molecule has 2 N–H and O–H groups in total. The zero-order chi connectivity index (χ0) is 17.9. The Hall–Kier alpha value is -3.02. The number of benzene rings is 2. The summed E-state index contributed by atoms with van der Waals surface area (Å²) in [6.45, 7) is 2.45. The summed E-state index contributed by atoms with van der Waals surface area (Å²) in [5, 5.41) is 5.83. The van der Waals surface area contributed by atoms with Gasteiger partial charge in [-0.1, -0.05) is 18.2 Å². The van der Waals surface area contributed by atoms with Gasteiger partial charge in [0.25, 0.3) is 0 Å². The van der Waals surface area contributed by atoms with Crippen LogP contribution in [0.3, 0.4) is 0 Å². The highest BCUT2D eigenvalue weighted by molar-refractivity contribution is 5.91. The van der Waals surface area contributed by atoms with Gasteiger partial charge in [-0.05, 0) is 42.7 Å². The van der Waals surface area contributed by atoms with Gasteiger partial charge in [-0.2, -0.15) is 0 Å². The van der Waals surface area contributed by atoms with E-state index in [0.717, 1.165) is 42.7 Å². The largest absolute Gasteiger partial charge is 0.370 e. The molecule has 2 heterocycles. The Morgan fingerprint density at radius 1 is 1.23 bits per heavy atom. The summed E-state index contributed by atoms with van der Waals surface area (Å²) in [6.07, 6.45) is 4.06. The fourth-order valence-electron chi connectivity index (χ4n) is 3.54. The third kappa shape index (κ3) is 3.35. The molecule has 134 valence electrons. The van der Waals surface area contributed by atoms with E-state index >= 15 is 0 Å². The van der Waals surface area contributed by atoms with E-state index in [-0.39, 0.29) is 6.03 Å². The predicted octanol–water partition coefficient (Wildman–Crippen LogP) is 3.15. The number of nitrogens with zero attached hydrogens (tertiary/aromatic N) is 3. The van der Waals surface area contributed by atoms with Crippen LogP contribution in [0.5, 0.6) is 0 Å². The molecule has 0 saturated carbocycles. The first-order valence-corrected chi connectivity index (χ1v) is 8.99. The zero-order valence-corrected chi connectivity index (χ0v) is 14.9. The SMILES string of the molecule is Cn1cnc2cc(NC(=O)NCCN3CCCc4ccccc43)ccc21. The number of carbonyl (C=O) groups excluding carboxylic acids is 1. The molecule has 26 heavy (non-hydrogen) atoms. The first-order valence-electron chi connectivity index (χ1n) is 8.99. The highest BCUT2D eigenvalue weighted by Crippen LogP contribution is 2.26. The van der Waals surface area contributed by atoms with Crippen molar-refractivity contribution in [2.45, 2.75) is 12.8 Å². The number of hydrogen-bond acceptors (Lipinski definition) is 3. The lowest BCUT2D eigenvalue weighted by Crippen LogP contribution is -2.39. The van der Waals surface area contributed by atoms with Crippen molar-refractivity contribution in [3.05, 3.63) is 54.4 Å². The number of carbonyl (C=O) groups is 1. The van der Waals surface area contributed by atoms with Crippen molar-refractivity contribution in [2.75, 3.05) is 29.9 Å². The van der Waals surface area contributed by atoms with E-state index in [1.54, 1.807) is 6.33 Å². The minimum atomic E-state index is -0.189. The van der Waals surface area contributed by atoms with Gasteiger partial charge in [0.05, 0.1) is 17.4 Å². The lowest BCUT2D eigenvalue weighted by molar-refractivity contribution is 0.252. The third-order valence-electron chi connectivity index (χ3n) is 4.86. The highest BCUT2D eigenvalue weighted by Gasteiger charge is 2.15. The molecule has 6 nitrogen and oxygen atoms in total. The molecule has 0 atom stereocenters. The van der Waals surface area contributed by atoms with Gasteiger partial charge < -0.3 is 20.1 Å². The fourth-order valence-corrected chi connectivity index (χ4v) is 3.54. The van der Waals surface area contributed by atoms with Crippen LogP contribution in [0.4, 0.5) is 16.2 Å². The number of imidazole rings is 1. The maximum atomic E-state index is 12.2. The lowest BCUT2D eigenvalue weighted by Gasteiger charge is -2.31. The van der Waals surface area contributed by atoms with Crippen LogP contribution >= 0.6 is 0 Å². The van der Waals surface area contributed by atoms with Crippen LogP contribution < -0.4 is 15.5 Å². The Kier molecular flexibility index (Phi) is 4.48. The second kappa shape index (κ2) is 7.07. The van der Waals surface area contributed by atoms with Gasteiger partial charge in [-0.15, -0.1) is 0 Å². The highest BCUT2D eigenvalue weighted by atomic mass is 16.2. The van der Waals surface area contributed by atoms with Gasteiger partial charge in [0.2, 0.25) is 0 Å². The van der Waals surface area contributed by atoms with E-state index in [2.05, 4.69) is 44.8 Å². The number of nitrogens with one attached hydrogen (secondary N) is 2. The van der Waals surface area contributed by atoms with Crippen molar-refractivity contribution in [1.82, 2.24) is 14.9 Å². The number of hydrogen-bond donors (Lipinski definition) is 2. The normalized spacial score (nSPS) is 13.5. The van der Waals surface area contributed by atoms with E-state index in [0.29, 0.717) is 6.54 Å². The van der Waals surface area contributed by atoms with Gasteiger partial charge in [-0.25, -0.2) is 9.78 Å². The monoisotopic (exact) mass is 349 g/mol. The standard InChI is InChI=1S/C20H23N5O/c1-24-14-22-17-13-16(8-9-19(17)24)23-20(26)21-10-12-25-11-4-6-15-5-2-3-7-18(15)25/h2-3,5,7-9,13-14H,4,6,10-12H2,1H3,(H2,21,23,26). The Bertz CT molecular complexity index is 933. The number of anilines is 2. The maximum Gasteiger partial charge on any atom is 0.319 e. The van der Waals surface area contributed by atoms with Crippen LogP contribution in [0.25, 0.3) is 11.0 Å². The summed E-state index contributed by atoms with van der Waals surface area (Å²) in [6, 6.07) is 14.1. The van der Waals surface area contributed by atoms with E-state index in [1.165, 1.54) is 11.3 Å². The third-order valence-corrected chi connectivity index (χ3v) is 4.86. The van der Waals surface area contributed by atoms with Crippen LogP contribution in [0.2, 0.25) is 0 Å². The molecule has 0 spiro atoms. The molecule has 2 amide bonds. The molecule has 1 aliphatic heterocycles. The van der Waals surface area contributed by atoms with Gasteiger partial charge in [0.1, 0.15) is 0 Å². The molecule has 0 fully saturated rings. The smallest absolute Gasteiger partial charge is 0.319 e. The van der Waals surface area contributed by atoms with Gasteiger partial charge in [0, 0.05) is 38.1 Å². The first kappa shape index (κ1) is 16.4. The van der Waals surface area contributed by atoms with Crippen molar-refractivity contribution < 1.29 is 4.79 Å². The van der Waals surface area contributed by atoms with E-state index in [1.807, 2.05) is 29.8 Å². The molecule has 0 radical (unpaired) electrons. The molecular formula is C20H23N5O. The Balaban J connectivity index is 1.31. The molecule has 0 aliphatic carbocycles. The average Bonchev–Trinajstić information content (AvgIpc) is 3.02. The number of urea groups is 1. The first-order chi connectivity index (χ1) is 12.7. The molecule has 2 aromatic carbocycles. The van der Waals surface area contributed by atoms with Crippen LogP contribution in [0, 0.1) is 0 Å². The predicted molar refractivity (Wildman–Crippen MR) is 105 cm³/mol. The van der Waals surface area contributed by atoms with E-state index in [4.69, 9.17) is 0 Å². The van der Waals surface area contributed by atoms with Gasteiger partial charge in [0.15, 0.2) is 0 Å². The molecule has 3 aromatic rings. The van der Waals surface area contributed by atoms with Crippen LogP contribution in [0.1, 0.15) is 12.0 Å². The minimum absolute atomic E-state index is 0.189. The maximum absolute atomic E-state index is 12.2. The van der Waals surface area contributed by atoms with Crippen molar-refractivity contribution in [3.8, 4) is 0 Å². The molecule has 0 bridgehead atoms. The number of amides is 2. The topological polar surface area (TPSA) is 62.2 Å². The summed E-state index contributed by atoms with van der Waals surface area (Å²) < 4.78 is 1.95. The summed E-state index contributed by atoms with van der Waals surface area (Å²) in [4.78, 5) is 18.8. The summed E-state index contributed by atoms with van der Waals surface area (Å²) >= 11 is 0. The van der Waals surface area contributed by atoms with Gasteiger partial charge >= 0.3 is 6.03 Å².